The fourth-order valence-electron chi connectivity index (χ4n) is 1.87. The third-order valence-corrected chi connectivity index (χ3v) is 4.22. The molecule has 0 saturated carbocycles. The van der Waals surface area contributed by atoms with Crippen LogP contribution in [0.5, 0.6) is 5.75 Å². The molecule has 2 rings (SSSR count). The Balaban J connectivity index is 2.42. The Labute approximate surface area is 126 Å². The zero-order valence-electron chi connectivity index (χ0n) is 10.8. The summed E-state index contributed by atoms with van der Waals surface area (Å²) in [5.41, 5.74) is 9.31. The third-order valence-electron chi connectivity index (χ3n) is 3.09. The van der Waals surface area contributed by atoms with Gasteiger partial charge in [0.25, 0.3) is 0 Å². The zero-order chi connectivity index (χ0) is 14.0. The maximum atomic E-state index is 6.32. The average Bonchev–Trinajstić information content (AvgIpc) is 2.41. The highest BCUT2D eigenvalue weighted by Crippen LogP contribution is 2.31. The maximum absolute atomic E-state index is 6.32. The third kappa shape index (κ3) is 3.11. The summed E-state index contributed by atoms with van der Waals surface area (Å²) < 4.78 is 6.19. The normalized spacial score (nSPS) is 12.3. The highest BCUT2D eigenvalue weighted by atomic mass is 79.9. The van der Waals surface area contributed by atoms with Crippen molar-refractivity contribution in [3.63, 3.8) is 0 Å². The van der Waals surface area contributed by atoms with Crippen LogP contribution in [0.2, 0.25) is 5.02 Å². The van der Waals surface area contributed by atoms with Crippen molar-refractivity contribution in [1.82, 2.24) is 0 Å². The van der Waals surface area contributed by atoms with Crippen molar-refractivity contribution >= 4 is 27.5 Å². The molecule has 19 heavy (non-hydrogen) atoms. The van der Waals surface area contributed by atoms with Gasteiger partial charge in [0.05, 0.1) is 13.2 Å². The molecule has 0 aliphatic carbocycles. The van der Waals surface area contributed by atoms with Crippen LogP contribution >= 0.6 is 27.5 Å². The van der Waals surface area contributed by atoms with E-state index < -0.39 is 0 Å². The quantitative estimate of drug-likeness (QED) is 0.895. The first-order chi connectivity index (χ1) is 9.02. The van der Waals surface area contributed by atoms with Gasteiger partial charge >= 0.3 is 0 Å². The zero-order valence-corrected chi connectivity index (χ0v) is 13.1. The summed E-state index contributed by atoms with van der Waals surface area (Å²) in [5.74, 6) is 0.784. The number of benzene rings is 2. The molecular weight excluding hydrogens is 326 g/mol. The van der Waals surface area contributed by atoms with Crippen LogP contribution in [0, 0.1) is 6.92 Å². The molecule has 2 nitrogen and oxygen atoms in total. The van der Waals surface area contributed by atoms with E-state index >= 15 is 0 Å². The largest absolute Gasteiger partial charge is 0.497 e. The lowest BCUT2D eigenvalue weighted by Gasteiger charge is -2.16. The van der Waals surface area contributed by atoms with Gasteiger partial charge in [-0.2, -0.15) is 0 Å². The predicted molar refractivity (Wildman–Crippen MR) is 82.9 cm³/mol. The van der Waals surface area contributed by atoms with Gasteiger partial charge in [-0.3, -0.25) is 0 Å². The first-order valence-corrected chi connectivity index (χ1v) is 7.05. The molecule has 1 unspecified atom stereocenters. The molecule has 0 amide bonds. The molecule has 2 N–H and O–H groups in total. The van der Waals surface area contributed by atoms with Gasteiger partial charge in [0.1, 0.15) is 5.75 Å². The molecule has 0 bridgehead atoms. The molecule has 0 heterocycles. The van der Waals surface area contributed by atoms with Crippen LogP contribution in [0.15, 0.2) is 40.9 Å². The van der Waals surface area contributed by atoms with Gasteiger partial charge in [-0.05, 0) is 47.9 Å². The second-order valence-electron chi connectivity index (χ2n) is 4.37. The van der Waals surface area contributed by atoms with Gasteiger partial charge in [-0.25, -0.2) is 0 Å². The molecule has 4 heteroatoms. The van der Waals surface area contributed by atoms with E-state index in [4.69, 9.17) is 22.1 Å². The fraction of sp³-hybridized carbons (Fsp3) is 0.200. The van der Waals surface area contributed by atoms with Crippen LogP contribution < -0.4 is 10.5 Å². The van der Waals surface area contributed by atoms with E-state index in [1.165, 1.54) is 0 Å². The van der Waals surface area contributed by atoms with E-state index in [-0.39, 0.29) is 6.04 Å². The van der Waals surface area contributed by atoms with E-state index in [0.717, 1.165) is 31.9 Å². The summed E-state index contributed by atoms with van der Waals surface area (Å²) in [4.78, 5) is 0. The molecule has 0 spiro atoms. The van der Waals surface area contributed by atoms with Crippen LogP contribution in [0.25, 0.3) is 0 Å². The van der Waals surface area contributed by atoms with Crippen molar-refractivity contribution < 1.29 is 4.74 Å². The van der Waals surface area contributed by atoms with Gasteiger partial charge in [-0.15, -0.1) is 0 Å². The van der Waals surface area contributed by atoms with E-state index in [1.807, 2.05) is 43.3 Å². The molecule has 0 aromatic heterocycles. The molecule has 0 aliphatic rings. The molecule has 0 aliphatic heterocycles. The second kappa shape index (κ2) is 5.95. The van der Waals surface area contributed by atoms with Crippen LogP contribution in [-0.2, 0) is 0 Å². The Kier molecular flexibility index (Phi) is 4.50. The van der Waals surface area contributed by atoms with Gasteiger partial charge in [0, 0.05) is 9.50 Å². The van der Waals surface area contributed by atoms with Crippen LogP contribution in [0.3, 0.4) is 0 Å². The van der Waals surface area contributed by atoms with Crippen molar-refractivity contribution in [2.75, 3.05) is 7.11 Å². The Morgan fingerprint density at radius 2 is 1.95 bits per heavy atom. The summed E-state index contributed by atoms with van der Waals surface area (Å²) in [6, 6.07) is 11.4. The first-order valence-electron chi connectivity index (χ1n) is 5.88. The minimum absolute atomic E-state index is 0.248. The van der Waals surface area contributed by atoms with Gasteiger partial charge < -0.3 is 10.5 Å². The predicted octanol–water partition coefficient (Wildman–Crippen LogP) is 4.47. The molecule has 100 valence electrons. The number of halogens is 2. The number of hydrogen-bond donors (Lipinski definition) is 1. The Bertz CT molecular complexity index is 601. The summed E-state index contributed by atoms with van der Waals surface area (Å²) in [6.07, 6.45) is 0. The van der Waals surface area contributed by atoms with Gasteiger partial charge in [0.2, 0.25) is 0 Å². The van der Waals surface area contributed by atoms with E-state index in [2.05, 4.69) is 15.9 Å². The minimum Gasteiger partial charge on any atom is -0.497 e. The first kappa shape index (κ1) is 14.4. The molecule has 1 atom stereocenters. The van der Waals surface area contributed by atoms with Crippen molar-refractivity contribution in [3.05, 3.63) is 62.6 Å². The smallest absolute Gasteiger partial charge is 0.119 e. The van der Waals surface area contributed by atoms with E-state index in [9.17, 15) is 0 Å². The van der Waals surface area contributed by atoms with E-state index in [1.54, 1.807) is 7.11 Å². The monoisotopic (exact) mass is 339 g/mol. The SMILES string of the molecule is COc1ccc(Br)c(C(N)c2ccc(C)c(Cl)c2)c1. The number of ether oxygens (including phenoxy) is 1. The lowest BCUT2D eigenvalue weighted by Crippen LogP contribution is -2.12. The van der Waals surface area contributed by atoms with Crippen molar-refractivity contribution in [1.29, 1.82) is 0 Å². The number of nitrogens with two attached hydrogens (primary N) is 1. The van der Waals surface area contributed by atoms with E-state index in [0.29, 0.717) is 0 Å². The average molecular weight is 341 g/mol. The van der Waals surface area contributed by atoms with Crippen molar-refractivity contribution in [2.24, 2.45) is 5.73 Å². The summed E-state index contributed by atoms with van der Waals surface area (Å²) in [6.45, 7) is 1.97. The molecule has 0 saturated heterocycles. The summed E-state index contributed by atoms with van der Waals surface area (Å²) >= 11 is 9.67. The second-order valence-corrected chi connectivity index (χ2v) is 5.64. The summed E-state index contributed by atoms with van der Waals surface area (Å²) in [7, 11) is 1.64. The molecule has 0 radical (unpaired) electrons. The van der Waals surface area contributed by atoms with Crippen LogP contribution in [0.4, 0.5) is 0 Å². The lowest BCUT2D eigenvalue weighted by atomic mass is 9.98. The maximum Gasteiger partial charge on any atom is 0.119 e. The summed E-state index contributed by atoms with van der Waals surface area (Å²) in [5, 5.41) is 0.729. The highest BCUT2D eigenvalue weighted by molar-refractivity contribution is 9.10. The fourth-order valence-corrected chi connectivity index (χ4v) is 2.55. The highest BCUT2D eigenvalue weighted by Gasteiger charge is 2.14. The van der Waals surface area contributed by atoms with Gasteiger partial charge in [0.15, 0.2) is 0 Å². The molecular formula is C15H15BrClNO. The number of methoxy groups -OCH3 is 1. The topological polar surface area (TPSA) is 35.2 Å². The van der Waals surface area contributed by atoms with Crippen LogP contribution in [-0.4, -0.2) is 7.11 Å². The molecule has 0 fully saturated rings. The Morgan fingerprint density at radius 3 is 2.58 bits per heavy atom. The van der Waals surface area contributed by atoms with Crippen molar-refractivity contribution in [2.45, 2.75) is 13.0 Å². The lowest BCUT2D eigenvalue weighted by molar-refractivity contribution is 0.414. The molecule has 2 aromatic rings. The van der Waals surface area contributed by atoms with Crippen molar-refractivity contribution in [3.8, 4) is 5.75 Å². The van der Waals surface area contributed by atoms with Crippen LogP contribution in [0.1, 0.15) is 22.7 Å². The Morgan fingerprint density at radius 1 is 1.21 bits per heavy atom. The minimum atomic E-state index is -0.248. The van der Waals surface area contributed by atoms with Gasteiger partial charge in [-0.1, -0.05) is 39.7 Å². The number of aryl methyl sites for hydroxylation is 1. The number of rotatable bonds is 3. The Hall–Kier alpha value is -1.03. The molecule has 2 aromatic carbocycles. The number of hydrogen-bond acceptors (Lipinski definition) is 2. The standard InChI is InChI=1S/C15H15BrClNO/c1-9-3-4-10(7-14(9)17)15(18)12-8-11(19-2)5-6-13(12)16/h3-8,15H,18H2,1-2H3.